The van der Waals surface area contributed by atoms with E-state index in [4.69, 9.17) is 15.0 Å². The van der Waals surface area contributed by atoms with E-state index in [9.17, 15) is 0 Å². The van der Waals surface area contributed by atoms with Crippen molar-refractivity contribution in [3.8, 4) is 78.7 Å². The summed E-state index contributed by atoms with van der Waals surface area (Å²) >= 11 is 0. The Balaban J connectivity index is 0.937. The normalized spacial score (nSPS) is 12.9. The minimum absolute atomic E-state index is 0.401. The maximum Gasteiger partial charge on any atom is 0.164 e. The SMILES string of the molecule is c1ccc(-c2cccc(-c3nc(-c4ccccc4)nc(-c4cccc(-c5cccc(-c6cccc7c6-c6ccccc6C76c7cccc8ccc9cccc6c9c78)c5)c4)n3)c2)cc1. The molecule has 1 heterocycles. The van der Waals surface area contributed by atoms with Gasteiger partial charge in [0.15, 0.2) is 17.5 Å². The van der Waals surface area contributed by atoms with E-state index < -0.39 is 5.41 Å². The van der Waals surface area contributed by atoms with Gasteiger partial charge in [-0.05, 0) is 107 Å². The van der Waals surface area contributed by atoms with Crippen LogP contribution in [0.2, 0.25) is 0 Å². The minimum Gasteiger partial charge on any atom is -0.208 e. The summed E-state index contributed by atoms with van der Waals surface area (Å²) < 4.78 is 0. The van der Waals surface area contributed by atoms with Gasteiger partial charge in [0, 0.05) is 16.7 Å². The Morgan fingerprint density at radius 2 is 0.651 bits per heavy atom. The zero-order chi connectivity index (χ0) is 41.5. The molecule has 0 amide bonds. The van der Waals surface area contributed by atoms with Crippen LogP contribution in [0.15, 0.2) is 224 Å². The highest BCUT2D eigenvalue weighted by molar-refractivity contribution is 6.17. The number of hydrogen-bond acceptors (Lipinski definition) is 3. The molecule has 0 aliphatic heterocycles. The second-order valence-corrected chi connectivity index (χ2v) is 16.7. The standard InChI is InChI=1S/C60H37N3/c1-3-15-38(16-4-1)42-21-10-25-46(36-42)58-61-57(41-17-5-2-6-18-41)62-59(63-58)47-26-11-23-44(37-47)43-22-9-24-45(35-43)48-28-14-32-53-56(48)49-27-7-8-29-50(49)60(53)51-30-12-19-39-33-34-40-20-13-31-52(60)55(40)54(39)51/h1-37H. The molecule has 0 unspecified atom stereocenters. The summed E-state index contributed by atoms with van der Waals surface area (Å²) in [5, 5.41) is 5.34. The molecule has 2 aliphatic carbocycles. The van der Waals surface area contributed by atoms with E-state index in [1.54, 1.807) is 0 Å². The first kappa shape index (κ1) is 35.5. The van der Waals surface area contributed by atoms with Crippen LogP contribution in [0.4, 0.5) is 0 Å². The first-order valence-electron chi connectivity index (χ1n) is 21.6. The second-order valence-electron chi connectivity index (χ2n) is 16.7. The van der Waals surface area contributed by atoms with Crippen LogP contribution in [-0.4, -0.2) is 15.0 Å². The molecule has 63 heavy (non-hydrogen) atoms. The van der Waals surface area contributed by atoms with Crippen molar-refractivity contribution < 1.29 is 0 Å². The zero-order valence-corrected chi connectivity index (χ0v) is 34.2. The monoisotopic (exact) mass is 799 g/mol. The largest absolute Gasteiger partial charge is 0.208 e. The van der Waals surface area contributed by atoms with Gasteiger partial charge >= 0.3 is 0 Å². The predicted molar refractivity (Wildman–Crippen MR) is 258 cm³/mol. The molecule has 0 saturated heterocycles. The van der Waals surface area contributed by atoms with Crippen LogP contribution < -0.4 is 0 Å². The summed E-state index contributed by atoms with van der Waals surface area (Å²) in [7, 11) is 0. The van der Waals surface area contributed by atoms with Crippen molar-refractivity contribution >= 4 is 21.5 Å². The molecule has 1 aromatic heterocycles. The fraction of sp³-hybridized carbons (Fsp3) is 0.0167. The van der Waals surface area contributed by atoms with Crippen LogP contribution in [0.3, 0.4) is 0 Å². The van der Waals surface area contributed by atoms with Gasteiger partial charge in [0.05, 0.1) is 5.41 Å². The molecule has 0 radical (unpaired) electrons. The minimum atomic E-state index is -0.401. The lowest BCUT2D eigenvalue weighted by Gasteiger charge is -2.31. The Labute approximate surface area is 365 Å². The van der Waals surface area contributed by atoms with Crippen LogP contribution in [0.5, 0.6) is 0 Å². The number of aromatic nitrogens is 3. The van der Waals surface area contributed by atoms with Crippen molar-refractivity contribution in [3.63, 3.8) is 0 Å². The van der Waals surface area contributed by atoms with Crippen molar-refractivity contribution in [1.29, 1.82) is 0 Å². The van der Waals surface area contributed by atoms with Gasteiger partial charge in [0.2, 0.25) is 0 Å². The number of nitrogens with zero attached hydrogens (tertiary/aromatic N) is 3. The molecule has 0 fully saturated rings. The van der Waals surface area contributed by atoms with Crippen LogP contribution in [0.25, 0.3) is 100 Å². The highest BCUT2D eigenvalue weighted by Gasteiger charge is 2.51. The van der Waals surface area contributed by atoms with Crippen molar-refractivity contribution in [2.24, 2.45) is 0 Å². The van der Waals surface area contributed by atoms with E-state index >= 15 is 0 Å². The maximum atomic E-state index is 5.15. The molecule has 1 spiro atoms. The summed E-state index contributed by atoms with van der Waals surface area (Å²) in [6.07, 6.45) is 0. The summed E-state index contributed by atoms with van der Waals surface area (Å²) in [4.78, 5) is 15.3. The van der Waals surface area contributed by atoms with E-state index in [-0.39, 0.29) is 0 Å². The molecular formula is C60H37N3. The topological polar surface area (TPSA) is 38.7 Å². The van der Waals surface area contributed by atoms with Crippen LogP contribution in [0, 0.1) is 0 Å². The average Bonchev–Trinajstić information content (AvgIpc) is 3.85. The van der Waals surface area contributed by atoms with Crippen LogP contribution in [-0.2, 0) is 5.41 Å². The van der Waals surface area contributed by atoms with Crippen molar-refractivity contribution in [2.75, 3.05) is 0 Å². The lowest BCUT2D eigenvalue weighted by Crippen LogP contribution is -2.26. The van der Waals surface area contributed by atoms with E-state index in [1.807, 2.05) is 24.3 Å². The van der Waals surface area contributed by atoms with E-state index in [0.29, 0.717) is 17.5 Å². The molecule has 10 aromatic carbocycles. The molecule has 0 bridgehead atoms. The number of rotatable bonds is 6. The van der Waals surface area contributed by atoms with Gasteiger partial charge in [-0.3, -0.25) is 0 Å². The lowest BCUT2D eigenvalue weighted by molar-refractivity contribution is 0.797. The Bertz CT molecular complexity index is 3570. The molecule has 3 heteroatoms. The molecular weight excluding hydrogens is 763 g/mol. The van der Waals surface area contributed by atoms with Crippen molar-refractivity contribution in [2.45, 2.75) is 5.41 Å². The second kappa shape index (κ2) is 13.9. The zero-order valence-electron chi connectivity index (χ0n) is 34.2. The lowest BCUT2D eigenvalue weighted by atomic mass is 9.70. The van der Waals surface area contributed by atoms with Gasteiger partial charge in [-0.1, -0.05) is 206 Å². The van der Waals surface area contributed by atoms with Gasteiger partial charge in [0.25, 0.3) is 0 Å². The van der Waals surface area contributed by atoms with Crippen molar-refractivity contribution in [3.05, 3.63) is 247 Å². The van der Waals surface area contributed by atoms with E-state index in [2.05, 4.69) is 200 Å². The molecule has 2 aliphatic rings. The molecule has 0 saturated carbocycles. The van der Waals surface area contributed by atoms with Crippen LogP contribution in [0.1, 0.15) is 22.3 Å². The quantitative estimate of drug-likeness (QED) is 0.157. The molecule has 13 rings (SSSR count). The third-order valence-corrected chi connectivity index (χ3v) is 13.3. The Kier molecular flexibility index (Phi) is 7.82. The summed E-state index contributed by atoms with van der Waals surface area (Å²) in [5.74, 6) is 1.91. The molecule has 0 atom stereocenters. The maximum absolute atomic E-state index is 5.15. The Hall–Kier alpha value is -8.27. The average molecular weight is 800 g/mol. The fourth-order valence-corrected chi connectivity index (χ4v) is 10.6. The van der Waals surface area contributed by atoms with Gasteiger partial charge in [-0.25, -0.2) is 15.0 Å². The first-order valence-corrected chi connectivity index (χ1v) is 21.6. The van der Waals surface area contributed by atoms with Gasteiger partial charge in [-0.2, -0.15) is 0 Å². The van der Waals surface area contributed by atoms with Gasteiger partial charge < -0.3 is 0 Å². The number of hydrogen-bond donors (Lipinski definition) is 0. The summed E-state index contributed by atoms with van der Waals surface area (Å²) in [6.45, 7) is 0. The van der Waals surface area contributed by atoms with Gasteiger partial charge in [0.1, 0.15) is 0 Å². The first-order chi connectivity index (χ1) is 31.2. The number of benzene rings is 10. The smallest absolute Gasteiger partial charge is 0.164 e. The molecule has 292 valence electrons. The molecule has 11 aromatic rings. The third kappa shape index (κ3) is 5.36. The highest BCUT2D eigenvalue weighted by Crippen LogP contribution is 2.63. The van der Waals surface area contributed by atoms with E-state index in [1.165, 1.54) is 66.1 Å². The van der Waals surface area contributed by atoms with Gasteiger partial charge in [-0.15, -0.1) is 0 Å². The van der Waals surface area contributed by atoms with Crippen LogP contribution >= 0.6 is 0 Å². The Morgan fingerprint density at radius 1 is 0.254 bits per heavy atom. The third-order valence-electron chi connectivity index (χ3n) is 13.3. The molecule has 0 N–H and O–H groups in total. The van der Waals surface area contributed by atoms with E-state index in [0.717, 1.165) is 38.9 Å². The summed E-state index contributed by atoms with van der Waals surface area (Å²) in [6, 6.07) is 81.0. The number of fused-ring (bicyclic) bond motifs is 7. The van der Waals surface area contributed by atoms with Crippen molar-refractivity contribution in [1.82, 2.24) is 15.0 Å². The Morgan fingerprint density at radius 3 is 1.27 bits per heavy atom. The highest BCUT2D eigenvalue weighted by atomic mass is 15.0. The predicted octanol–water partition coefficient (Wildman–Crippen LogP) is 14.9. The summed E-state index contributed by atoms with van der Waals surface area (Å²) in [5.41, 5.74) is 17.4. The fourth-order valence-electron chi connectivity index (χ4n) is 10.6. The molecule has 3 nitrogen and oxygen atoms in total.